The summed E-state index contributed by atoms with van der Waals surface area (Å²) in [6.07, 6.45) is 6.27. The largest absolute Gasteiger partial charge is 0.481 e. The quantitative estimate of drug-likeness (QED) is 0.427. The van der Waals surface area contributed by atoms with Gasteiger partial charge in [-0.25, -0.2) is 0 Å². The van der Waals surface area contributed by atoms with Gasteiger partial charge in [-0.15, -0.1) is 0 Å². The summed E-state index contributed by atoms with van der Waals surface area (Å²) in [6.45, 7) is 0. The lowest BCUT2D eigenvalue weighted by molar-refractivity contribution is 0.206. The molecule has 0 unspecified atom stereocenters. The van der Waals surface area contributed by atoms with Crippen molar-refractivity contribution in [1.29, 1.82) is 5.41 Å². The summed E-state index contributed by atoms with van der Waals surface area (Å²) in [5.41, 5.74) is 0. The summed E-state index contributed by atoms with van der Waals surface area (Å²) >= 11 is 0. The van der Waals surface area contributed by atoms with E-state index in [1.165, 1.54) is 12.8 Å². The van der Waals surface area contributed by atoms with Gasteiger partial charge in [-0.3, -0.25) is 5.41 Å². The molecule has 46 valence electrons. The molecule has 0 atom stereocenters. The van der Waals surface area contributed by atoms with Crippen LogP contribution in [0, 0.1) is 5.41 Å². The van der Waals surface area contributed by atoms with Crippen LogP contribution in [0.4, 0.5) is 0 Å². The maximum absolute atomic E-state index is 6.62. The fraction of sp³-hybridized carbons (Fsp3) is 0.833. The van der Waals surface area contributed by atoms with Crippen molar-refractivity contribution in [2.24, 2.45) is 0 Å². The molecule has 1 fully saturated rings. The molecule has 2 nitrogen and oxygen atoms in total. The second-order valence-electron chi connectivity index (χ2n) is 2.16. The molecule has 2 heteroatoms. The van der Waals surface area contributed by atoms with E-state index in [9.17, 15) is 0 Å². The van der Waals surface area contributed by atoms with E-state index in [1.54, 1.807) is 0 Å². The van der Waals surface area contributed by atoms with Crippen LogP contribution in [0.2, 0.25) is 0 Å². The van der Waals surface area contributed by atoms with Crippen molar-refractivity contribution < 1.29 is 4.74 Å². The third-order valence-electron chi connectivity index (χ3n) is 1.56. The Morgan fingerprint density at radius 3 is 2.50 bits per heavy atom. The normalized spacial score (nSPS) is 21.0. The van der Waals surface area contributed by atoms with Crippen molar-refractivity contribution in [1.82, 2.24) is 0 Å². The van der Waals surface area contributed by atoms with Gasteiger partial charge in [0, 0.05) is 0 Å². The smallest absolute Gasteiger partial charge is 0.167 e. The first-order valence-corrected chi connectivity index (χ1v) is 3.08. The van der Waals surface area contributed by atoms with E-state index in [1.807, 2.05) is 0 Å². The van der Waals surface area contributed by atoms with E-state index in [-0.39, 0.29) is 0 Å². The lowest BCUT2D eigenvalue weighted by atomic mass is 10.3. The first kappa shape index (κ1) is 5.60. The van der Waals surface area contributed by atoms with Crippen molar-refractivity contribution in [3.8, 4) is 0 Å². The van der Waals surface area contributed by atoms with Crippen molar-refractivity contribution in [3.63, 3.8) is 0 Å². The minimum absolute atomic E-state index is 0.368. The SMILES string of the molecule is N=COC1CCCC1. The molecule has 0 saturated heterocycles. The van der Waals surface area contributed by atoms with Crippen LogP contribution < -0.4 is 0 Å². The van der Waals surface area contributed by atoms with Gasteiger partial charge in [0.15, 0.2) is 6.40 Å². The first-order valence-electron chi connectivity index (χ1n) is 3.08. The van der Waals surface area contributed by atoms with Gasteiger partial charge in [-0.2, -0.15) is 0 Å². The molecule has 0 aromatic heterocycles. The highest BCUT2D eigenvalue weighted by Crippen LogP contribution is 2.19. The highest BCUT2D eigenvalue weighted by molar-refractivity contribution is 5.41. The molecule has 0 heterocycles. The van der Waals surface area contributed by atoms with Gasteiger partial charge < -0.3 is 4.74 Å². The summed E-state index contributed by atoms with van der Waals surface area (Å²) in [7, 11) is 0. The number of rotatable bonds is 2. The van der Waals surface area contributed by atoms with Crippen LogP contribution in [0.25, 0.3) is 0 Å². The molecule has 0 aliphatic heterocycles. The van der Waals surface area contributed by atoms with Gasteiger partial charge >= 0.3 is 0 Å². The van der Waals surface area contributed by atoms with Gasteiger partial charge in [0.2, 0.25) is 0 Å². The van der Waals surface area contributed by atoms with E-state index in [2.05, 4.69) is 0 Å². The van der Waals surface area contributed by atoms with Crippen LogP contribution in [0.5, 0.6) is 0 Å². The van der Waals surface area contributed by atoms with Crippen molar-refractivity contribution >= 4 is 6.40 Å². The molecule has 0 amide bonds. The summed E-state index contributed by atoms with van der Waals surface area (Å²) in [5, 5.41) is 6.62. The monoisotopic (exact) mass is 113 g/mol. The minimum Gasteiger partial charge on any atom is -0.481 e. The molecule has 1 aliphatic rings. The third-order valence-corrected chi connectivity index (χ3v) is 1.56. The Labute approximate surface area is 49.4 Å². The number of nitrogens with one attached hydrogen (secondary N) is 1. The lowest BCUT2D eigenvalue weighted by Crippen LogP contribution is -2.04. The van der Waals surface area contributed by atoms with E-state index < -0.39 is 0 Å². The van der Waals surface area contributed by atoms with Crippen LogP contribution in [-0.4, -0.2) is 12.5 Å². The van der Waals surface area contributed by atoms with Crippen molar-refractivity contribution in [2.75, 3.05) is 0 Å². The molecule has 1 saturated carbocycles. The zero-order valence-electron chi connectivity index (χ0n) is 4.89. The predicted molar refractivity (Wildman–Crippen MR) is 32.1 cm³/mol. The van der Waals surface area contributed by atoms with Gasteiger partial charge in [0.05, 0.1) is 6.10 Å². The average Bonchev–Trinajstić information content (AvgIpc) is 2.19. The molecule has 1 aliphatic carbocycles. The van der Waals surface area contributed by atoms with E-state index in [4.69, 9.17) is 10.1 Å². The van der Waals surface area contributed by atoms with E-state index in [0.717, 1.165) is 19.2 Å². The molecular weight excluding hydrogens is 102 g/mol. The zero-order chi connectivity index (χ0) is 5.82. The molecule has 0 bridgehead atoms. The molecule has 1 rings (SSSR count). The molecule has 0 radical (unpaired) electrons. The van der Waals surface area contributed by atoms with Crippen LogP contribution in [0.15, 0.2) is 0 Å². The van der Waals surface area contributed by atoms with Crippen LogP contribution in [-0.2, 0) is 4.74 Å². The summed E-state index contributed by atoms with van der Waals surface area (Å²) in [4.78, 5) is 0. The molecule has 1 N–H and O–H groups in total. The fourth-order valence-electron chi connectivity index (χ4n) is 1.12. The van der Waals surface area contributed by atoms with Crippen LogP contribution >= 0.6 is 0 Å². The number of hydrogen-bond acceptors (Lipinski definition) is 2. The molecular formula is C6H11NO. The Balaban J connectivity index is 2.14. The molecule has 8 heavy (non-hydrogen) atoms. The summed E-state index contributed by atoms with van der Waals surface area (Å²) < 4.78 is 4.94. The Kier molecular flexibility index (Phi) is 1.89. The van der Waals surface area contributed by atoms with Gasteiger partial charge in [0.25, 0.3) is 0 Å². The summed E-state index contributed by atoms with van der Waals surface area (Å²) in [6, 6.07) is 0. The second kappa shape index (κ2) is 2.70. The third kappa shape index (κ3) is 1.22. The Hall–Kier alpha value is -0.530. The van der Waals surface area contributed by atoms with Crippen molar-refractivity contribution in [2.45, 2.75) is 31.8 Å². The topological polar surface area (TPSA) is 33.1 Å². The lowest BCUT2D eigenvalue weighted by Gasteiger charge is -2.04. The predicted octanol–water partition coefficient (Wildman–Crippen LogP) is 1.55. The summed E-state index contributed by atoms with van der Waals surface area (Å²) in [5.74, 6) is 0. The number of ether oxygens (including phenoxy) is 1. The minimum atomic E-state index is 0.368. The molecule has 0 spiro atoms. The standard InChI is InChI=1S/C6H11NO/c7-5-8-6-3-1-2-4-6/h5-7H,1-4H2. The Morgan fingerprint density at radius 1 is 1.38 bits per heavy atom. The van der Waals surface area contributed by atoms with Gasteiger partial charge in [0.1, 0.15) is 0 Å². The van der Waals surface area contributed by atoms with Crippen LogP contribution in [0.3, 0.4) is 0 Å². The van der Waals surface area contributed by atoms with Crippen LogP contribution in [0.1, 0.15) is 25.7 Å². The zero-order valence-corrected chi connectivity index (χ0v) is 4.89. The highest BCUT2D eigenvalue weighted by atomic mass is 16.5. The maximum Gasteiger partial charge on any atom is 0.167 e. The van der Waals surface area contributed by atoms with Gasteiger partial charge in [-0.1, -0.05) is 0 Å². The van der Waals surface area contributed by atoms with Crippen molar-refractivity contribution in [3.05, 3.63) is 0 Å². The molecule has 0 aromatic carbocycles. The Morgan fingerprint density at radius 2 is 2.00 bits per heavy atom. The second-order valence-corrected chi connectivity index (χ2v) is 2.16. The average molecular weight is 113 g/mol. The maximum atomic E-state index is 6.62. The Bertz CT molecular complexity index is 76.6. The highest BCUT2D eigenvalue weighted by Gasteiger charge is 2.13. The van der Waals surface area contributed by atoms with Gasteiger partial charge in [-0.05, 0) is 25.7 Å². The van der Waals surface area contributed by atoms with E-state index >= 15 is 0 Å². The van der Waals surface area contributed by atoms with E-state index in [0.29, 0.717) is 6.10 Å². The first-order chi connectivity index (χ1) is 3.93. The fourth-order valence-corrected chi connectivity index (χ4v) is 1.12. The molecule has 0 aromatic rings. The number of hydrogen-bond donors (Lipinski definition) is 1.